The van der Waals surface area contributed by atoms with Gasteiger partial charge in [0.15, 0.2) is 5.11 Å². The summed E-state index contributed by atoms with van der Waals surface area (Å²) < 4.78 is 27.9. The molecular formula is C22H19Cl2N3O2S2. The van der Waals surface area contributed by atoms with E-state index in [0.717, 1.165) is 24.1 Å². The zero-order chi connectivity index (χ0) is 22.0. The Kier molecular flexibility index (Phi) is 6.39. The molecule has 160 valence electrons. The van der Waals surface area contributed by atoms with Crippen LogP contribution in [0.25, 0.3) is 0 Å². The van der Waals surface area contributed by atoms with Crippen molar-refractivity contribution in [2.45, 2.75) is 17.7 Å². The third kappa shape index (κ3) is 4.80. The van der Waals surface area contributed by atoms with Crippen LogP contribution >= 0.6 is 35.4 Å². The number of benzene rings is 3. The summed E-state index contributed by atoms with van der Waals surface area (Å²) >= 11 is 17.3. The van der Waals surface area contributed by atoms with Gasteiger partial charge in [-0.3, -0.25) is 4.31 Å². The number of halogens is 2. The van der Waals surface area contributed by atoms with Crippen molar-refractivity contribution < 1.29 is 8.42 Å². The van der Waals surface area contributed by atoms with Crippen molar-refractivity contribution in [3.63, 3.8) is 0 Å². The van der Waals surface area contributed by atoms with Gasteiger partial charge in [0, 0.05) is 17.9 Å². The minimum Gasteiger partial charge on any atom is -0.332 e. The van der Waals surface area contributed by atoms with E-state index < -0.39 is 10.0 Å². The first-order valence-corrected chi connectivity index (χ1v) is 12.2. The number of aryl methyl sites for hydroxylation is 1. The van der Waals surface area contributed by atoms with E-state index in [1.165, 1.54) is 4.31 Å². The molecule has 0 saturated carbocycles. The highest BCUT2D eigenvalue weighted by atomic mass is 35.5. The smallest absolute Gasteiger partial charge is 0.264 e. The number of thiocarbonyl (C=S) groups is 1. The van der Waals surface area contributed by atoms with Crippen LogP contribution in [0.15, 0.2) is 71.6 Å². The van der Waals surface area contributed by atoms with E-state index in [1.807, 2.05) is 24.3 Å². The van der Waals surface area contributed by atoms with Gasteiger partial charge < -0.3 is 10.6 Å². The summed E-state index contributed by atoms with van der Waals surface area (Å²) in [6.45, 7) is 0.469. The van der Waals surface area contributed by atoms with Crippen molar-refractivity contribution in [3.8, 4) is 0 Å². The predicted molar refractivity (Wildman–Crippen MR) is 132 cm³/mol. The first-order chi connectivity index (χ1) is 14.8. The lowest BCUT2D eigenvalue weighted by molar-refractivity contribution is 0.586. The van der Waals surface area contributed by atoms with E-state index >= 15 is 0 Å². The van der Waals surface area contributed by atoms with Crippen LogP contribution in [0.4, 0.5) is 17.1 Å². The molecule has 9 heteroatoms. The van der Waals surface area contributed by atoms with Crippen molar-refractivity contribution >= 4 is 67.6 Å². The molecule has 0 spiro atoms. The first-order valence-electron chi connectivity index (χ1n) is 9.58. The molecule has 0 aromatic heterocycles. The second kappa shape index (κ2) is 9.04. The highest BCUT2D eigenvalue weighted by Gasteiger charge is 2.28. The van der Waals surface area contributed by atoms with Gasteiger partial charge in [-0.25, -0.2) is 8.42 Å². The molecule has 3 aromatic rings. The van der Waals surface area contributed by atoms with Crippen LogP contribution in [-0.2, 0) is 16.4 Å². The molecule has 1 heterocycles. The number of anilines is 3. The summed E-state index contributed by atoms with van der Waals surface area (Å²) in [7, 11) is -3.65. The maximum atomic E-state index is 13.2. The molecule has 1 aliphatic heterocycles. The molecule has 0 atom stereocenters. The van der Waals surface area contributed by atoms with Gasteiger partial charge >= 0.3 is 0 Å². The Balaban J connectivity index is 1.48. The summed E-state index contributed by atoms with van der Waals surface area (Å²) in [5.41, 5.74) is 3.16. The number of fused-ring (bicyclic) bond motifs is 1. The standard InChI is InChI=1S/C22H19Cl2N3O2S2/c23-19-12-9-17(14-20(19)24)26-22(30)25-16-7-10-18(11-8-16)31(28,29)27-13-3-5-15-4-1-2-6-21(15)27/h1-2,4,6-12,14H,3,5,13H2,(H2,25,26,30). The van der Waals surface area contributed by atoms with Crippen LogP contribution < -0.4 is 14.9 Å². The Bertz CT molecular complexity index is 1230. The fourth-order valence-corrected chi connectivity index (χ4v) is 5.53. The summed E-state index contributed by atoms with van der Waals surface area (Å²) in [5, 5.41) is 7.27. The van der Waals surface area contributed by atoms with Gasteiger partial charge in [-0.2, -0.15) is 0 Å². The zero-order valence-corrected chi connectivity index (χ0v) is 19.5. The molecule has 0 unspecified atom stereocenters. The van der Waals surface area contributed by atoms with Crippen molar-refractivity contribution in [2.75, 3.05) is 21.5 Å². The summed E-state index contributed by atoms with van der Waals surface area (Å²) in [4.78, 5) is 0.234. The van der Waals surface area contributed by atoms with Gasteiger partial charge in [-0.15, -0.1) is 0 Å². The van der Waals surface area contributed by atoms with E-state index in [2.05, 4.69) is 10.6 Å². The second-order valence-electron chi connectivity index (χ2n) is 7.04. The molecule has 0 bridgehead atoms. The third-order valence-electron chi connectivity index (χ3n) is 4.95. The van der Waals surface area contributed by atoms with E-state index in [0.29, 0.717) is 33.1 Å². The number of para-hydroxylation sites is 1. The third-order valence-corrected chi connectivity index (χ3v) is 7.72. The number of rotatable bonds is 4. The van der Waals surface area contributed by atoms with Crippen LogP contribution in [0.5, 0.6) is 0 Å². The van der Waals surface area contributed by atoms with Gasteiger partial charge in [0.2, 0.25) is 0 Å². The molecule has 0 saturated heterocycles. The molecule has 0 aliphatic carbocycles. The van der Waals surface area contributed by atoms with Crippen LogP contribution in [0.3, 0.4) is 0 Å². The predicted octanol–water partition coefficient (Wildman–Crippen LogP) is 5.94. The molecular weight excluding hydrogens is 473 g/mol. The monoisotopic (exact) mass is 491 g/mol. The minimum atomic E-state index is -3.65. The van der Waals surface area contributed by atoms with Crippen LogP contribution in [0.1, 0.15) is 12.0 Å². The second-order valence-corrected chi connectivity index (χ2v) is 10.1. The maximum Gasteiger partial charge on any atom is 0.264 e. The van der Waals surface area contributed by atoms with Crippen LogP contribution in [0, 0.1) is 0 Å². The number of sulfonamides is 1. The molecule has 2 N–H and O–H groups in total. The zero-order valence-electron chi connectivity index (χ0n) is 16.3. The van der Waals surface area contributed by atoms with E-state index in [9.17, 15) is 8.42 Å². The lowest BCUT2D eigenvalue weighted by atomic mass is 10.0. The van der Waals surface area contributed by atoms with Crippen molar-refractivity contribution in [1.29, 1.82) is 0 Å². The molecule has 31 heavy (non-hydrogen) atoms. The molecule has 4 rings (SSSR count). The topological polar surface area (TPSA) is 61.4 Å². The minimum absolute atomic E-state index is 0.234. The summed E-state index contributed by atoms with van der Waals surface area (Å²) in [5.74, 6) is 0. The van der Waals surface area contributed by atoms with Crippen LogP contribution in [0.2, 0.25) is 10.0 Å². The molecule has 0 amide bonds. The number of nitrogens with one attached hydrogen (secondary N) is 2. The van der Waals surface area contributed by atoms with E-state index in [4.69, 9.17) is 35.4 Å². The highest BCUT2D eigenvalue weighted by Crippen LogP contribution is 2.32. The summed E-state index contributed by atoms with van der Waals surface area (Å²) in [6, 6.07) is 19.3. The maximum absolute atomic E-state index is 13.2. The quantitative estimate of drug-likeness (QED) is 0.441. The lowest BCUT2D eigenvalue weighted by Gasteiger charge is -2.30. The molecule has 1 aliphatic rings. The highest BCUT2D eigenvalue weighted by molar-refractivity contribution is 7.92. The van der Waals surface area contributed by atoms with Gasteiger partial charge in [-0.05, 0) is 79.2 Å². The Labute approximate surface area is 197 Å². The average molecular weight is 492 g/mol. The Hall–Kier alpha value is -2.32. The molecule has 5 nitrogen and oxygen atoms in total. The first kappa shape index (κ1) is 21.9. The van der Waals surface area contributed by atoms with E-state index in [1.54, 1.807) is 42.5 Å². The normalized spacial score (nSPS) is 13.4. The Morgan fingerprint density at radius 3 is 2.32 bits per heavy atom. The van der Waals surface area contributed by atoms with Gasteiger partial charge in [0.05, 0.1) is 20.6 Å². The van der Waals surface area contributed by atoms with Gasteiger partial charge in [-0.1, -0.05) is 41.4 Å². The van der Waals surface area contributed by atoms with Crippen LogP contribution in [-0.4, -0.2) is 20.1 Å². The van der Waals surface area contributed by atoms with Crippen molar-refractivity contribution in [1.82, 2.24) is 0 Å². The Morgan fingerprint density at radius 1 is 0.903 bits per heavy atom. The van der Waals surface area contributed by atoms with Crippen molar-refractivity contribution in [3.05, 3.63) is 82.3 Å². The molecule has 3 aromatic carbocycles. The Morgan fingerprint density at radius 2 is 1.58 bits per heavy atom. The number of hydrogen-bond acceptors (Lipinski definition) is 3. The van der Waals surface area contributed by atoms with Gasteiger partial charge in [0.1, 0.15) is 0 Å². The number of nitrogens with zero attached hydrogens (tertiary/aromatic N) is 1. The fraction of sp³-hybridized carbons (Fsp3) is 0.136. The lowest BCUT2D eigenvalue weighted by Crippen LogP contribution is -2.35. The van der Waals surface area contributed by atoms with Crippen molar-refractivity contribution in [2.24, 2.45) is 0 Å². The number of hydrogen-bond donors (Lipinski definition) is 2. The van der Waals surface area contributed by atoms with Gasteiger partial charge in [0.25, 0.3) is 10.0 Å². The largest absolute Gasteiger partial charge is 0.332 e. The fourth-order valence-electron chi connectivity index (χ4n) is 3.45. The summed E-state index contributed by atoms with van der Waals surface area (Å²) in [6.07, 6.45) is 1.68. The molecule has 0 radical (unpaired) electrons. The SMILES string of the molecule is O=S(=O)(c1ccc(NC(=S)Nc2ccc(Cl)c(Cl)c2)cc1)N1CCCc2ccccc21. The van der Waals surface area contributed by atoms with E-state index in [-0.39, 0.29) is 4.90 Å². The average Bonchev–Trinajstić information content (AvgIpc) is 2.76. The molecule has 0 fully saturated rings.